The van der Waals surface area contributed by atoms with Gasteiger partial charge in [0.25, 0.3) is 0 Å². The van der Waals surface area contributed by atoms with Gasteiger partial charge < -0.3 is 5.32 Å². The van der Waals surface area contributed by atoms with Crippen LogP contribution in [0, 0.1) is 0 Å². The van der Waals surface area contributed by atoms with Crippen molar-refractivity contribution in [3.63, 3.8) is 0 Å². The fourth-order valence-electron chi connectivity index (χ4n) is 1.73. The summed E-state index contributed by atoms with van der Waals surface area (Å²) < 4.78 is 2.88. The molecule has 0 saturated carbocycles. The molecule has 5 nitrogen and oxygen atoms in total. The summed E-state index contributed by atoms with van der Waals surface area (Å²) in [5, 5.41) is 10.5. The van der Waals surface area contributed by atoms with Crippen LogP contribution in [0.5, 0.6) is 0 Å². The molecule has 3 aromatic heterocycles. The van der Waals surface area contributed by atoms with Crippen molar-refractivity contribution in [1.29, 1.82) is 0 Å². The van der Waals surface area contributed by atoms with Crippen LogP contribution in [0.3, 0.4) is 0 Å². The van der Waals surface area contributed by atoms with Gasteiger partial charge in [0.15, 0.2) is 5.65 Å². The van der Waals surface area contributed by atoms with Crippen molar-refractivity contribution >= 4 is 44.1 Å². The molecule has 0 aliphatic heterocycles. The molecule has 0 amide bonds. The fourth-order valence-corrected chi connectivity index (χ4v) is 2.97. The van der Waals surface area contributed by atoms with Crippen LogP contribution in [0.1, 0.15) is 5.56 Å². The maximum atomic E-state index is 4.26. The first-order valence-corrected chi connectivity index (χ1v) is 7.01. The highest BCUT2D eigenvalue weighted by Crippen LogP contribution is 2.25. The van der Waals surface area contributed by atoms with Gasteiger partial charge >= 0.3 is 0 Å². The van der Waals surface area contributed by atoms with Crippen LogP contribution < -0.4 is 5.32 Å². The number of aromatic nitrogens is 4. The molecule has 0 saturated heterocycles. The second kappa shape index (κ2) is 4.66. The standard InChI is InChI=1S/C11H10BrN5S/c1-17-11-8(5-16-17)10(14-6-15-11)13-4-7-2-3-18-9(7)12/h2-3,5-6H,4H2,1H3,(H,13,14,15). The van der Waals surface area contributed by atoms with Crippen LogP contribution in [0.15, 0.2) is 27.8 Å². The van der Waals surface area contributed by atoms with Gasteiger partial charge in [-0.1, -0.05) is 0 Å². The van der Waals surface area contributed by atoms with E-state index < -0.39 is 0 Å². The van der Waals surface area contributed by atoms with E-state index in [9.17, 15) is 0 Å². The van der Waals surface area contributed by atoms with Gasteiger partial charge in [0.2, 0.25) is 0 Å². The molecule has 0 aliphatic carbocycles. The number of hydrogen-bond donors (Lipinski definition) is 1. The number of rotatable bonds is 3. The zero-order valence-electron chi connectivity index (χ0n) is 9.59. The Bertz CT molecular complexity index is 690. The molecule has 7 heteroatoms. The minimum Gasteiger partial charge on any atom is -0.365 e. The number of aryl methyl sites for hydroxylation is 1. The van der Waals surface area contributed by atoms with Gasteiger partial charge in [-0.05, 0) is 32.9 Å². The molecule has 0 fully saturated rings. The predicted octanol–water partition coefficient (Wildman–Crippen LogP) is 2.80. The average Bonchev–Trinajstić information content (AvgIpc) is 2.95. The van der Waals surface area contributed by atoms with Crippen LogP contribution in [-0.4, -0.2) is 19.7 Å². The van der Waals surface area contributed by atoms with E-state index in [1.807, 2.05) is 7.05 Å². The lowest BCUT2D eigenvalue weighted by Crippen LogP contribution is -2.02. The van der Waals surface area contributed by atoms with Crippen LogP contribution in [-0.2, 0) is 13.6 Å². The molecule has 0 spiro atoms. The highest BCUT2D eigenvalue weighted by atomic mass is 79.9. The van der Waals surface area contributed by atoms with E-state index in [0.717, 1.165) is 27.2 Å². The minimum absolute atomic E-state index is 0.727. The van der Waals surface area contributed by atoms with Crippen molar-refractivity contribution < 1.29 is 0 Å². The van der Waals surface area contributed by atoms with Crippen LogP contribution >= 0.6 is 27.3 Å². The Balaban J connectivity index is 1.89. The maximum absolute atomic E-state index is 4.26. The highest BCUT2D eigenvalue weighted by Gasteiger charge is 2.08. The van der Waals surface area contributed by atoms with Gasteiger partial charge in [0.05, 0.1) is 15.4 Å². The lowest BCUT2D eigenvalue weighted by molar-refractivity contribution is 0.785. The molecular weight excluding hydrogens is 314 g/mol. The highest BCUT2D eigenvalue weighted by molar-refractivity contribution is 9.11. The largest absolute Gasteiger partial charge is 0.365 e. The first-order chi connectivity index (χ1) is 8.75. The van der Waals surface area contributed by atoms with E-state index in [-0.39, 0.29) is 0 Å². The molecular formula is C11H10BrN5S. The van der Waals surface area contributed by atoms with Gasteiger partial charge in [-0.15, -0.1) is 11.3 Å². The molecule has 3 heterocycles. The van der Waals surface area contributed by atoms with Crippen LogP contribution in [0.2, 0.25) is 0 Å². The van der Waals surface area contributed by atoms with Crippen molar-refractivity contribution in [3.05, 3.63) is 33.3 Å². The van der Waals surface area contributed by atoms with Gasteiger partial charge in [-0.25, -0.2) is 9.97 Å². The van der Waals surface area contributed by atoms with E-state index in [1.54, 1.807) is 28.5 Å². The first kappa shape index (κ1) is 11.6. The van der Waals surface area contributed by atoms with Crippen molar-refractivity contribution in [3.8, 4) is 0 Å². The van der Waals surface area contributed by atoms with Gasteiger partial charge in [0, 0.05) is 13.6 Å². The molecule has 3 aromatic rings. The number of nitrogens with zero attached hydrogens (tertiary/aromatic N) is 4. The Kier molecular flexibility index (Phi) is 3.00. The fraction of sp³-hybridized carbons (Fsp3) is 0.182. The van der Waals surface area contributed by atoms with Crippen molar-refractivity contribution in [2.45, 2.75) is 6.54 Å². The molecule has 1 N–H and O–H groups in total. The number of anilines is 1. The Morgan fingerprint density at radius 1 is 1.44 bits per heavy atom. The Labute approximate surface area is 116 Å². The van der Waals surface area contributed by atoms with Crippen LogP contribution in [0.25, 0.3) is 11.0 Å². The molecule has 0 unspecified atom stereocenters. The summed E-state index contributed by atoms with van der Waals surface area (Å²) in [6.45, 7) is 0.727. The average molecular weight is 324 g/mol. The summed E-state index contributed by atoms with van der Waals surface area (Å²) in [5.74, 6) is 0.811. The third-order valence-corrected chi connectivity index (χ3v) is 4.48. The molecule has 18 heavy (non-hydrogen) atoms. The molecule has 0 bridgehead atoms. The van der Waals surface area contributed by atoms with Crippen LogP contribution in [0.4, 0.5) is 5.82 Å². The van der Waals surface area contributed by atoms with E-state index in [0.29, 0.717) is 0 Å². The summed E-state index contributed by atoms with van der Waals surface area (Å²) in [4.78, 5) is 8.47. The summed E-state index contributed by atoms with van der Waals surface area (Å²) in [6.07, 6.45) is 3.33. The smallest absolute Gasteiger partial charge is 0.163 e. The first-order valence-electron chi connectivity index (χ1n) is 5.34. The zero-order valence-corrected chi connectivity index (χ0v) is 12.0. The van der Waals surface area contributed by atoms with E-state index >= 15 is 0 Å². The van der Waals surface area contributed by atoms with E-state index in [4.69, 9.17) is 0 Å². The third kappa shape index (κ3) is 1.99. The summed E-state index contributed by atoms with van der Waals surface area (Å²) in [7, 11) is 1.87. The topological polar surface area (TPSA) is 55.6 Å². The van der Waals surface area contributed by atoms with E-state index in [2.05, 4.69) is 47.8 Å². The van der Waals surface area contributed by atoms with Crippen molar-refractivity contribution in [1.82, 2.24) is 19.7 Å². The maximum Gasteiger partial charge on any atom is 0.163 e. The van der Waals surface area contributed by atoms with Gasteiger partial charge in [-0.2, -0.15) is 5.10 Å². The number of hydrogen-bond acceptors (Lipinski definition) is 5. The molecule has 92 valence electrons. The Hall–Kier alpha value is -1.47. The zero-order chi connectivity index (χ0) is 12.5. The van der Waals surface area contributed by atoms with E-state index in [1.165, 1.54) is 5.56 Å². The second-order valence-corrected chi connectivity index (χ2v) is 6.03. The van der Waals surface area contributed by atoms with Gasteiger partial charge in [-0.3, -0.25) is 4.68 Å². The lowest BCUT2D eigenvalue weighted by atomic mass is 10.3. The molecule has 0 aromatic carbocycles. The SMILES string of the molecule is Cn1ncc2c(NCc3ccsc3Br)ncnc21. The monoisotopic (exact) mass is 323 g/mol. The van der Waals surface area contributed by atoms with Gasteiger partial charge in [0.1, 0.15) is 12.1 Å². The summed E-state index contributed by atoms with van der Waals surface area (Å²) in [6, 6.07) is 2.09. The lowest BCUT2D eigenvalue weighted by Gasteiger charge is -2.05. The number of nitrogens with one attached hydrogen (secondary N) is 1. The number of fused-ring (bicyclic) bond motifs is 1. The van der Waals surface area contributed by atoms with Crippen molar-refractivity contribution in [2.24, 2.45) is 7.05 Å². The summed E-state index contributed by atoms with van der Waals surface area (Å²) >= 11 is 5.20. The predicted molar refractivity (Wildman–Crippen MR) is 75.6 cm³/mol. The summed E-state index contributed by atoms with van der Waals surface area (Å²) in [5.41, 5.74) is 2.05. The number of halogens is 1. The normalized spacial score (nSPS) is 11.0. The Morgan fingerprint density at radius 3 is 3.11 bits per heavy atom. The molecule has 0 radical (unpaired) electrons. The quantitative estimate of drug-likeness (QED) is 0.805. The van der Waals surface area contributed by atoms with Crippen molar-refractivity contribution in [2.75, 3.05) is 5.32 Å². The molecule has 3 rings (SSSR count). The third-order valence-electron chi connectivity index (χ3n) is 2.67. The number of thiophene rings is 1. The molecule has 0 aliphatic rings. The second-order valence-electron chi connectivity index (χ2n) is 3.80. The minimum atomic E-state index is 0.727. The molecule has 0 atom stereocenters. The Morgan fingerprint density at radius 2 is 2.33 bits per heavy atom.